The van der Waals surface area contributed by atoms with Crippen LogP contribution in [0.1, 0.15) is 0 Å². The van der Waals surface area contributed by atoms with Gasteiger partial charge in [0.1, 0.15) is 5.82 Å². The molecule has 0 saturated carbocycles. The summed E-state index contributed by atoms with van der Waals surface area (Å²) in [6, 6.07) is 4.54. The Morgan fingerprint density at radius 1 is 1.50 bits per heavy atom. The molecule has 0 bridgehead atoms. The van der Waals surface area contributed by atoms with Crippen LogP contribution in [-0.4, -0.2) is 17.5 Å². The molecule has 1 aromatic carbocycles. The van der Waals surface area contributed by atoms with Gasteiger partial charge in [0.25, 0.3) is 0 Å². The maximum Gasteiger partial charge on any atom is 0.138 e. The summed E-state index contributed by atoms with van der Waals surface area (Å²) in [6.45, 7) is 0.0501. The molecular weight excluding hydrogens is 177 g/mol. The van der Waals surface area contributed by atoms with E-state index in [1.54, 1.807) is 12.1 Å². The van der Waals surface area contributed by atoms with Gasteiger partial charge >= 0.3 is 0 Å². The third-order valence-electron chi connectivity index (χ3n) is 1.30. The van der Waals surface area contributed by atoms with Crippen molar-refractivity contribution in [3.8, 4) is 0 Å². The Morgan fingerprint density at radius 3 is 2.83 bits per heavy atom. The van der Waals surface area contributed by atoms with Crippen molar-refractivity contribution in [1.82, 2.24) is 0 Å². The second-order valence-corrected chi connectivity index (χ2v) is 3.40. The van der Waals surface area contributed by atoms with Crippen LogP contribution in [0.25, 0.3) is 0 Å². The average Bonchev–Trinajstić information content (AvgIpc) is 2.03. The molecule has 3 N–H and O–H groups in total. The summed E-state index contributed by atoms with van der Waals surface area (Å²) in [4.78, 5) is 0.526. The summed E-state index contributed by atoms with van der Waals surface area (Å²) >= 11 is 1.28. The van der Waals surface area contributed by atoms with Crippen LogP contribution in [0, 0.1) is 5.82 Å². The number of aliphatic hydroxyl groups excluding tert-OH is 1. The van der Waals surface area contributed by atoms with E-state index in [2.05, 4.69) is 0 Å². The molecule has 1 rings (SSSR count). The maximum absolute atomic E-state index is 13.0. The Balaban J connectivity index is 2.72. The van der Waals surface area contributed by atoms with Crippen LogP contribution in [0.15, 0.2) is 23.1 Å². The third-order valence-corrected chi connectivity index (χ3v) is 2.33. The first kappa shape index (κ1) is 9.35. The number of anilines is 1. The first-order valence-corrected chi connectivity index (χ1v) is 4.51. The molecule has 66 valence electrons. The minimum absolute atomic E-state index is 0.0501. The molecule has 2 nitrogen and oxygen atoms in total. The average molecular weight is 187 g/mol. The van der Waals surface area contributed by atoms with E-state index in [1.807, 2.05) is 0 Å². The van der Waals surface area contributed by atoms with E-state index in [4.69, 9.17) is 10.8 Å². The normalized spacial score (nSPS) is 10.2. The largest absolute Gasteiger partial charge is 0.399 e. The number of benzene rings is 1. The zero-order valence-electron chi connectivity index (χ0n) is 6.46. The van der Waals surface area contributed by atoms with Gasteiger partial charge in [0, 0.05) is 16.3 Å². The Hall–Kier alpha value is -0.740. The first-order chi connectivity index (χ1) is 5.74. The third kappa shape index (κ3) is 2.39. The van der Waals surface area contributed by atoms with Gasteiger partial charge < -0.3 is 10.8 Å². The van der Waals surface area contributed by atoms with Crippen molar-refractivity contribution >= 4 is 17.4 Å². The van der Waals surface area contributed by atoms with Crippen molar-refractivity contribution in [3.05, 3.63) is 24.0 Å². The molecule has 0 aliphatic rings. The van der Waals surface area contributed by atoms with Crippen LogP contribution in [0.4, 0.5) is 10.1 Å². The summed E-state index contributed by atoms with van der Waals surface area (Å²) in [5, 5.41) is 8.51. The Labute approximate surface area is 74.6 Å². The molecule has 0 fully saturated rings. The summed E-state index contributed by atoms with van der Waals surface area (Å²) in [5.74, 6) is 0.175. The molecule has 0 aromatic heterocycles. The zero-order chi connectivity index (χ0) is 8.97. The molecule has 0 heterocycles. The highest BCUT2D eigenvalue weighted by atomic mass is 32.2. The Bertz CT molecular complexity index is 267. The molecule has 0 aliphatic heterocycles. The van der Waals surface area contributed by atoms with Gasteiger partial charge in [-0.25, -0.2) is 4.39 Å². The summed E-state index contributed by atoms with van der Waals surface area (Å²) in [5.41, 5.74) is 5.77. The standard InChI is InChI=1S/C8H10FNOS/c9-7-5-6(10)1-2-8(7)12-4-3-11/h1-2,5,11H,3-4,10H2. The van der Waals surface area contributed by atoms with Crippen LogP contribution >= 0.6 is 11.8 Å². The number of thioether (sulfide) groups is 1. The van der Waals surface area contributed by atoms with E-state index < -0.39 is 0 Å². The quantitative estimate of drug-likeness (QED) is 0.556. The van der Waals surface area contributed by atoms with Crippen LogP contribution in [0.5, 0.6) is 0 Å². The van der Waals surface area contributed by atoms with Gasteiger partial charge in [-0.3, -0.25) is 0 Å². The zero-order valence-corrected chi connectivity index (χ0v) is 7.27. The van der Waals surface area contributed by atoms with Gasteiger partial charge in [-0.2, -0.15) is 0 Å². The molecule has 0 spiro atoms. The van der Waals surface area contributed by atoms with Gasteiger partial charge in [0.15, 0.2) is 0 Å². The smallest absolute Gasteiger partial charge is 0.138 e. The number of nitrogens with two attached hydrogens (primary N) is 1. The van der Waals surface area contributed by atoms with E-state index in [0.717, 1.165) is 0 Å². The van der Waals surface area contributed by atoms with Crippen molar-refractivity contribution in [2.75, 3.05) is 18.1 Å². The number of rotatable bonds is 3. The second kappa shape index (κ2) is 4.33. The van der Waals surface area contributed by atoms with Crippen molar-refractivity contribution < 1.29 is 9.50 Å². The fourth-order valence-electron chi connectivity index (χ4n) is 0.790. The van der Waals surface area contributed by atoms with Crippen LogP contribution in [0.3, 0.4) is 0 Å². The number of hydrogen-bond donors (Lipinski definition) is 2. The van der Waals surface area contributed by atoms with E-state index in [-0.39, 0.29) is 12.4 Å². The van der Waals surface area contributed by atoms with Gasteiger partial charge in [-0.15, -0.1) is 11.8 Å². The lowest BCUT2D eigenvalue weighted by Crippen LogP contribution is -1.90. The number of aliphatic hydroxyl groups is 1. The van der Waals surface area contributed by atoms with Crippen LogP contribution < -0.4 is 5.73 Å². The predicted octanol–water partition coefficient (Wildman–Crippen LogP) is 1.49. The Morgan fingerprint density at radius 2 is 2.25 bits per heavy atom. The molecule has 1 aromatic rings. The van der Waals surface area contributed by atoms with Gasteiger partial charge in [0.05, 0.1) is 6.61 Å². The van der Waals surface area contributed by atoms with Crippen molar-refractivity contribution in [3.63, 3.8) is 0 Å². The van der Waals surface area contributed by atoms with Gasteiger partial charge in [-0.05, 0) is 18.2 Å². The first-order valence-electron chi connectivity index (χ1n) is 3.52. The lowest BCUT2D eigenvalue weighted by atomic mass is 10.3. The molecule has 4 heteroatoms. The minimum atomic E-state index is -0.326. The van der Waals surface area contributed by atoms with E-state index in [9.17, 15) is 4.39 Å². The SMILES string of the molecule is Nc1ccc(SCCO)c(F)c1. The van der Waals surface area contributed by atoms with Gasteiger partial charge in [0.2, 0.25) is 0 Å². The van der Waals surface area contributed by atoms with Gasteiger partial charge in [-0.1, -0.05) is 0 Å². The second-order valence-electron chi connectivity index (χ2n) is 2.26. The molecule has 0 radical (unpaired) electrons. The molecule has 0 atom stereocenters. The topological polar surface area (TPSA) is 46.2 Å². The number of halogens is 1. The molecule has 0 amide bonds. The van der Waals surface area contributed by atoms with E-state index in [1.165, 1.54) is 17.8 Å². The summed E-state index contributed by atoms with van der Waals surface area (Å²) < 4.78 is 13.0. The van der Waals surface area contributed by atoms with E-state index in [0.29, 0.717) is 16.3 Å². The Kier molecular flexibility index (Phi) is 3.37. The molecule has 0 unspecified atom stereocenters. The van der Waals surface area contributed by atoms with Crippen molar-refractivity contribution in [1.29, 1.82) is 0 Å². The predicted molar refractivity (Wildman–Crippen MR) is 48.6 cm³/mol. The molecule has 0 saturated heterocycles. The maximum atomic E-state index is 13.0. The highest BCUT2D eigenvalue weighted by molar-refractivity contribution is 7.99. The number of hydrogen-bond acceptors (Lipinski definition) is 3. The highest BCUT2D eigenvalue weighted by Crippen LogP contribution is 2.22. The fourth-order valence-corrected chi connectivity index (χ4v) is 1.46. The lowest BCUT2D eigenvalue weighted by molar-refractivity contribution is 0.322. The summed E-state index contributed by atoms with van der Waals surface area (Å²) in [6.07, 6.45) is 0. The van der Waals surface area contributed by atoms with Crippen molar-refractivity contribution in [2.45, 2.75) is 4.90 Å². The molecule has 12 heavy (non-hydrogen) atoms. The minimum Gasteiger partial charge on any atom is -0.399 e. The lowest BCUT2D eigenvalue weighted by Gasteiger charge is -2.01. The molecule has 0 aliphatic carbocycles. The monoisotopic (exact) mass is 187 g/mol. The summed E-state index contributed by atoms with van der Waals surface area (Å²) in [7, 11) is 0. The number of nitrogen functional groups attached to an aromatic ring is 1. The van der Waals surface area contributed by atoms with Crippen LogP contribution in [0.2, 0.25) is 0 Å². The van der Waals surface area contributed by atoms with Crippen LogP contribution in [-0.2, 0) is 0 Å². The highest BCUT2D eigenvalue weighted by Gasteiger charge is 2.01. The molecular formula is C8H10FNOS. The van der Waals surface area contributed by atoms with Crippen molar-refractivity contribution in [2.24, 2.45) is 0 Å². The van der Waals surface area contributed by atoms with E-state index >= 15 is 0 Å². The fraction of sp³-hybridized carbons (Fsp3) is 0.250.